The first-order valence-electron chi connectivity index (χ1n) is 3.87. The molecule has 0 bridgehead atoms. The van der Waals surface area contributed by atoms with Crippen LogP contribution in [0.3, 0.4) is 0 Å². The van der Waals surface area contributed by atoms with Crippen molar-refractivity contribution in [2.24, 2.45) is 0 Å². The minimum absolute atomic E-state index is 0.173. The van der Waals surface area contributed by atoms with Crippen molar-refractivity contribution in [2.75, 3.05) is 0 Å². The van der Waals surface area contributed by atoms with Crippen LogP contribution in [0.15, 0.2) is 35.0 Å². The SMILES string of the molecule is O=P1(OC=C(Cl)Cl)Oc2ccccc2O1. The van der Waals surface area contributed by atoms with Crippen LogP contribution in [0, 0.1) is 0 Å². The van der Waals surface area contributed by atoms with E-state index in [1.165, 1.54) is 0 Å². The first kappa shape index (κ1) is 10.7. The molecule has 0 fully saturated rings. The van der Waals surface area contributed by atoms with E-state index >= 15 is 0 Å². The second-order valence-electron chi connectivity index (χ2n) is 2.59. The monoisotopic (exact) mass is 266 g/mol. The highest BCUT2D eigenvalue weighted by molar-refractivity contribution is 7.49. The highest BCUT2D eigenvalue weighted by atomic mass is 35.5. The summed E-state index contributed by atoms with van der Waals surface area (Å²) in [6, 6.07) is 6.68. The van der Waals surface area contributed by atoms with Gasteiger partial charge in [0.05, 0.1) is 0 Å². The molecule has 0 saturated carbocycles. The summed E-state index contributed by atoms with van der Waals surface area (Å²) in [5.74, 6) is 0.722. The molecule has 0 spiro atoms. The second kappa shape index (κ2) is 3.97. The van der Waals surface area contributed by atoms with Crippen molar-refractivity contribution in [3.05, 3.63) is 35.0 Å². The number of rotatable bonds is 2. The fourth-order valence-corrected chi connectivity index (χ4v) is 2.36. The lowest BCUT2D eigenvalue weighted by Crippen LogP contribution is -1.92. The van der Waals surface area contributed by atoms with Crippen molar-refractivity contribution in [1.82, 2.24) is 0 Å². The maximum Gasteiger partial charge on any atom is 0.646 e. The quantitative estimate of drug-likeness (QED) is 0.602. The fourth-order valence-electron chi connectivity index (χ4n) is 1.01. The van der Waals surface area contributed by atoms with E-state index in [9.17, 15) is 4.57 Å². The Kier molecular flexibility index (Phi) is 2.83. The Hall–Kier alpha value is -0.830. The molecule has 1 aromatic rings. The third-order valence-electron chi connectivity index (χ3n) is 1.54. The summed E-state index contributed by atoms with van der Waals surface area (Å²) >= 11 is 10.6. The number of phosphoric ester groups is 1. The third-order valence-corrected chi connectivity index (χ3v) is 2.92. The number of hydrogen-bond acceptors (Lipinski definition) is 4. The number of benzene rings is 1. The van der Waals surface area contributed by atoms with E-state index in [-0.39, 0.29) is 4.49 Å². The van der Waals surface area contributed by atoms with Crippen LogP contribution >= 0.6 is 31.0 Å². The van der Waals surface area contributed by atoms with Gasteiger partial charge >= 0.3 is 7.82 Å². The van der Waals surface area contributed by atoms with E-state index in [0.717, 1.165) is 6.26 Å². The van der Waals surface area contributed by atoms with Crippen molar-refractivity contribution in [3.8, 4) is 11.5 Å². The minimum atomic E-state index is -3.65. The zero-order valence-corrected chi connectivity index (χ0v) is 9.63. The molecule has 1 aliphatic rings. The maximum absolute atomic E-state index is 11.7. The molecule has 1 aromatic carbocycles. The molecule has 0 aromatic heterocycles. The van der Waals surface area contributed by atoms with E-state index in [1.807, 2.05) is 0 Å². The number of fused-ring (bicyclic) bond motifs is 1. The van der Waals surface area contributed by atoms with Gasteiger partial charge in [-0.25, -0.2) is 0 Å². The van der Waals surface area contributed by atoms with Gasteiger partial charge in [0, 0.05) is 0 Å². The van der Waals surface area contributed by atoms with Crippen LogP contribution in [0.25, 0.3) is 0 Å². The van der Waals surface area contributed by atoms with E-state index in [1.54, 1.807) is 24.3 Å². The fraction of sp³-hybridized carbons (Fsp3) is 0. The van der Waals surface area contributed by atoms with Gasteiger partial charge < -0.3 is 13.6 Å². The molecule has 4 nitrogen and oxygen atoms in total. The van der Waals surface area contributed by atoms with Crippen LogP contribution in [0.5, 0.6) is 11.5 Å². The van der Waals surface area contributed by atoms with Gasteiger partial charge in [-0.05, 0) is 12.1 Å². The molecule has 1 aliphatic heterocycles. The van der Waals surface area contributed by atoms with Gasteiger partial charge in [-0.1, -0.05) is 35.3 Å². The van der Waals surface area contributed by atoms with Crippen molar-refractivity contribution in [3.63, 3.8) is 0 Å². The predicted molar refractivity (Wildman–Crippen MR) is 56.2 cm³/mol. The molecule has 2 rings (SSSR count). The Morgan fingerprint density at radius 1 is 1.27 bits per heavy atom. The molecule has 0 atom stereocenters. The molecular formula is C8H5Cl2O4P. The maximum atomic E-state index is 11.7. The summed E-state index contributed by atoms with van der Waals surface area (Å²) in [6.45, 7) is 0. The largest absolute Gasteiger partial charge is 0.646 e. The second-order valence-corrected chi connectivity index (χ2v) is 5.07. The summed E-state index contributed by atoms with van der Waals surface area (Å²) in [5.41, 5.74) is 0. The van der Waals surface area contributed by atoms with Crippen molar-refractivity contribution < 1.29 is 18.1 Å². The molecule has 0 saturated heterocycles. The number of para-hydroxylation sites is 2. The van der Waals surface area contributed by atoms with Crippen molar-refractivity contribution in [2.45, 2.75) is 0 Å². The predicted octanol–water partition coefficient (Wildman–Crippen LogP) is 3.86. The van der Waals surface area contributed by atoms with E-state index in [0.29, 0.717) is 11.5 Å². The van der Waals surface area contributed by atoms with Gasteiger partial charge in [-0.2, -0.15) is 4.57 Å². The topological polar surface area (TPSA) is 44.8 Å². The summed E-state index contributed by atoms with van der Waals surface area (Å²) in [7, 11) is -3.65. The van der Waals surface area contributed by atoms with Gasteiger partial charge in [0.1, 0.15) is 10.8 Å². The van der Waals surface area contributed by atoms with Crippen LogP contribution in [0.1, 0.15) is 0 Å². The molecule has 0 radical (unpaired) electrons. The van der Waals surface area contributed by atoms with Crippen molar-refractivity contribution >= 4 is 31.0 Å². The molecule has 15 heavy (non-hydrogen) atoms. The van der Waals surface area contributed by atoms with E-state index in [2.05, 4.69) is 0 Å². The molecule has 0 N–H and O–H groups in total. The Morgan fingerprint density at radius 3 is 2.27 bits per heavy atom. The molecule has 80 valence electrons. The highest BCUT2D eigenvalue weighted by Crippen LogP contribution is 2.59. The smallest absolute Gasteiger partial charge is 0.391 e. The first-order valence-corrected chi connectivity index (χ1v) is 6.08. The summed E-state index contributed by atoms with van der Waals surface area (Å²) in [6.07, 6.45) is 0.899. The van der Waals surface area contributed by atoms with E-state index in [4.69, 9.17) is 36.8 Å². The molecule has 0 aliphatic carbocycles. The summed E-state index contributed by atoms with van der Waals surface area (Å²) < 4.78 is 26.3. The van der Waals surface area contributed by atoms with Crippen LogP contribution in [-0.2, 0) is 9.09 Å². The van der Waals surface area contributed by atoms with Gasteiger partial charge in [0.15, 0.2) is 11.5 Å². The number of halogens is 2. The van der Waals surface area contributed by atoms with Crippen LogP contribution in [-0.4, -0.2) is 0 Å². The number of phosphoric acid groups is 1. The Balaban J connectivity index is 2.18. The average molecular weight is 267 g/mol. The Labute approximate surface area is 96.0 Å². The highest BCUT2D eigenvalue weighted by Gasteiger charge is 2.39. The minimum Gasteiger partial charge on any atom is -0.391 e. The molecule has 1 heterocycles. The zero-order chi connectivity index (χ0) is 10.9. The Morgan fingerprint density at radius 2 is 1.80 bits per heavy atom. The Bertz CT molecular complexity index is 427. The van der Waals surface area contributed by atoms with Gasteiger partial charge in [0.2, 0.25) is 0 Å². The number of hydrogen-bond donors (Lipinski definition) is 0. The molecule has 0 unspecified atom stereocenters. The van der Waals surface area contributed by atoms with E-state index < -0.39 is 7.82 Å². The van der Waals surface area contributed by atoms with Crippen LogP contribution in [0.4, 0.5) is 0 Å². The summed E-state index contributed by atoms with van der Waals surface area (Å²) in [5, 5.41) is 0. The standard InChI is InChI=1S/C8H5Cl2O4P/c9-8(10)5-12-15(11)13-6-3-1-2-4-7(6)14-15/h1-5H. The van der Waals surface area contributed by atoms with Gasteiger partial charge in [0.25, 0.3) is 0 Å². The molecular weight excluding hydrogens is 262 g/mol. The lowest BCUT2D eigenvalue weighted by atomic mass is 10.3. The zero-order valence-electron chi connectivity index (χ0n) is 7.22. The lowest BCUT2D eigenvalue weighted by molar-refractivity contribution is 0.303. The molecule has 7 heteroatoms. The third kappa shape index (κ3) is 2.40. The summed E-state index contributed by atoms with van der Waals surface area (Å²) in [4.78, 5) is 0. The van der Waals surface area contributed by atoms with Gasteiger partial charge in [-0.15, -0.1) is 0 Å². The first-order chi connectivity index (χ1) is 7.09. The molecule has 0 amide bonds. The normalized spacial score (nSPS) is 15.9. The van der Waals surface area contributed by atoms with Crippen LogP contribution < -0.4 is 9.05 Å². The lowest BCUT2D eigenvalue weighted by Gasteiger charge is -2.06. The van der Waals surface area contributed by atoms with Crippen molar-refractivity contribution in [1.29, 1.82) is 0 Å². The van der Waals surface area contributed by atoms with Gasteiger partial charge in [-0.3, -0.25) is 0 Å². The average Bonchev–Trinajstić information content (AvgIpc) is 2.52. The van der Waals surface area contributed by atoms with Crippen LogP contribution in [0.2, 0.25) is 0 Å².